The van der Waals surface area contributed by atoms with Crippen molar-refractivity contribution in [2.75, 3.05) is 5.73 Å². The Hall–Kier alpha value is -1.14. The van der Waals surface area contributed by atoms with Gasteiger partial charge < -0.3 is 5.73 Å². The molecule has 0 aromatic heterocycles. The van der Waals surface area contributed by atoms with Crippen molar-refractivity contribution in [3.8, 4) is 0 Å². The van der Waals surface area contributed by atoms with Gasteiger partial charge in [-0.15, -0.1) is 0 Å². The first-order chi connectivity index (χ1) is 5.41. The van der Waals surface area contributed by atoms with E-state index in [2.05, 4.69) is 0 Å². The van der Waals surface area contributed by atoms with Crippen LogP contribution in [0.4, 0.5) is 10.1 Å². The lowest BCUT2D eigenvalue weighted by Gasteiger charge is -1.98. The first kappa shape index (κ1) is 8.95. The summed E-state index contributed by atoms with van der Waals surface area (Å²) in [6, 6.07) is 2.66. The fourth-order valence-electron chi connectivity index (χ4n) is 0.682. The van der Waals surface area contributed by atoms with E-state index in [4.69, 9.17) is 10.3 Å². The Labute approximate surface area is 68.6 Å². The zero-order chi connectivity index (χ0) is 9.35. The zero-order valence-corrected chi connectivity index (χ0v) is 6.68. The van der Waals surface area contributed by atoms with E-state index in [1.807, 2.05) is 0 Å². The van der Waals surface area contributed by atoms with Crippen molar-refractivity contribution in [3.05, 3.63) is 24.0 Å². The molecule has 0 saturated heterocycles. The van der Waals surface area contributed by atoms with Gasteiger partial charge in [0.15, 0.2) is 0 Å². The summed E-state index contributed by atoms with van der Waals surface area (Å²) in [7, 11) is -4.29. The molecule has 0 heterocycles. The first-order valence-corrected chi connectivity index (χ1v) is 4.38. The molecule has 66 valence electrons. The summed E-state index contributed by atoms with van der Waals surface area (Å²) in [4.78, 5) is -0.415. The van der Waals surface area contributed by atoms with Crippen molar-refractivity contribution in [2.45, 2.75) is 4.90 Å². The van der Waals surface area contributed by atoms with E-state index in [0.717, 1.165) is 18.2 Å². The van der Waals surface area contributed by atoms with Gasteiger partial charge in [-0.2, -0.15) is 8.42 Å². The lowest BCUT2D eigenvalue weighted by molar-refractivity contribution is 0.483. The van der Waals surface area contributed by atoms with Gasteiger partial charge in [-0.25, -0.2) is 4.39 Å². The number of hydrogen-bond donors (Lipinski definition) is 2. The summed E-state index contributed by atoms with van der Waals surface area (Å²) < 4.78 is 41.9. The highest BCUT2D eigenvalue weighted by atomic mass is 32.2. The quantitative estimate of drug-likeness (QED) is 0.504. The highest BCUT2D eigenvalue weighted by Crippen LogP contribution is 2.15. The van der Waals surface area contributed by atoms with Crippen molar-refractivity contribution in [1.82, 2.24) is 0 Å². The smallest absolute Gasteiger partial charge is 0.294 e. The molecular weight excluding hydrogens is 185 g/mol. The molecule has 0 bridgehead atoms. The van der Waals surface area contributed by atoms with Crippen molar-refractivity contribution in [3.63, 3.8) is 0 Å². The molecule has 0 amide bonds. The molecule has 0 atom stereocenters. The number of halogens is 1. The van der Waals surface area contributed by atoms with Crippen LogP contribution in [0, 0.1) is 5.82 Å². The fourth-order valence-corrected chi connectivity index (χ4v) is 1.20. The highest BCUT2D eigenvalue weighted by molar-refractivity contribution is 7.85. The average Bonchev–Trinajstić information content (AvgIpc) is 1.92. The van der Waals surface area contributed by atoms with E-state index in [9.17, 15) is 12.8 Å². The van der Waals surface area contributed by atoms with Crippen molar-refractivity contribution < 1.29 is 17.4 Å². The van der Waals surface area contributed by atoms with E-state index in [0.29, 0.717) is 0 Å². The summed E-state index contributed by atoms with van der Waals surface area (Å²) >= 11 is 0. The number of benzene rings is 1. The van der Waals surface area contributed by atoms with E-state index in [1.165, 1.54) is 0 Å². The largest absolute Gasteiger partial charge is 0.396 e. The summed E-state index contributed by atoms with van der Waals surface area (Å²) in [5.74, 6) is -0.720. The first-order valence-electron chi connectivity index (χ1n) is 2.94. The molecule has 0 fully saturated rings. The molecule has 0 saturated carbocycles. The number of nitrogens with two attached hydrogens (primary N) is 1. The maximum Gasteiger partial charge on any atom is 0.294 e. The Morgan fingerprint density at radius 3 is 2.42 bits per heavy atom. The van der Waals surface area contributed by atoms with Crippen LogP contribution < -0.4 is 5.73 Å². The van der Waals surface area contributed by atoms with E-state index < -0.39 is 20.8 Å². The lowest BCUT2D eigenvalue weighted by Crippen LogP contribution is -2.00. The average molecular weight is 191 g/mol. The van der Waals surface area contributed by atoms with Crippen LogP contribution in [0.3, 0.4) is 0 Å². The molecule has 3 N–H and O–H groups in total. The molecular formula is C6H6FNO3S. The normalized spacial score (nSPS) is 11.5. The lowest BCUT2D eigenvalue weighted by atomic mass is 10.3. The summed E-state index contributed by atoms with van der Waals surface area (Å²) in [6.07, 6.45) is 0. The molecule has 0 unspecified atom stereocenters. The minimum atomic E-state index is -4.29. The molecule has 4 nitrogen and oxygen atoms in total. The monoisotopic (exact) mass is 191 g/mol. The van der Waals surface area contributed by atoms with E-state index in [-0.39, 0.29) is 5.69 Å². The van der Waals surface area contributed by atoms with Gasteiger partial charge in [-0.3, -0.25) is 4.55 Å². The maximum atomic E-state index is 12.5. The SMILES string of the molecule is Nc1cc(S(=O)(=O)O)ccc1F. The molecule has 1 aromatic carbocycles. The van der Waals surface area contributed by atoms with Crippen LogP contribution in [0.5, 0.6) is 0 Å². The third-order valence-electron chi connectivity index (χ3n) is 1.27. The number of rotatable bonds is 1. The Bertz CT molecular complexity index is 401. The van der Waals surface area contributed by atoms with Crippen LogP contribution in [-0.2, 0) is 10.1 Å². The van der Waals surface area contributed by atoms with Crippen LogP contribution in [0.25, 0.3) is 0 Å². The molecule has 0 aliphatic carbocycles. The third kappa shape index (κ3) is 1.72. The third-order valence-corrected chi connectivity index (χ3v) is 2.11. The zero-order valence-electron chi connectivity index (χ0n) is 5.86. The molecule has 0 radical (unpaired) electrons. The van der Waals surface area contributed by atoms with E-state index in [1.54, 1.807) is 0 Å². The molecule has 0 aliphatic heterocycles. The molecule has 0 aliphatic rings. The minimum Gasteiger partial charge on any atom is -0.396 e. The minimum absolute atomic E-state index is 0.315. The van der Waals surface area contributed by atoms with Gasteiger partial charge in [0.25, 0.3) is 10.1 Å². The molecule has 1 rings (SSSR count). The van der Waals surface area contributed by atoms with Crippen molar-refractivity contribution >= 4 is 15.8 Å². The predicted octanol–water partition coefficient (Wildman–Crippen LogP) is 0.655. The van der Waals surface area contributed by atoms with Crippen LogP contribution in [0.2, 0.25) is 0 Å². The van der Waals surface area contributed by atoms with Crippen LogP contribution >= 0.6 is 0 Å². The van der Waals surface area contributed by atoms with E-state index >= 15 is 0 Å². The van der Waals surface area contributed by atoms with Crippen LogP contribution in [0.15, 0.2) is 23.1 Å². The van der Waals surface area contributed by atoms with Gasteiger partial charge in [0.05, 0.1) is 10.6 Å². The molecule has 12 heavy (non-hydrogen) atoms. The summed E-state index contributed by atoms with van der Waals surface area (Å²) in [5.41, 5.74) is 4.75. The Balaban J connectivity index is 3.33. The molecule has 6 heteroatoms. The fraction of sp³-hybridized carbons (Fsp3) is 0. The number of nitrogen functional groups attached to an aromatic ring is 1. The summed E-state index contributed by atoms with van der Waals surface area (Å²) in [6.45, 7) is 0. The van der Waals surface area contributed by atoms with Crippen LogP contribution in [-0.4, -0.2) is 13.0 Å². The number of anilines is 1. The van der Waals surface area contributed by atoms with Crippen molar-refractivity contribution in [1.29, 1.82) is 0 Å². The Kier molecular flexibility index (Phi) is 2.03. The maximum absolute atomic E-state index is 12.5. The Morgan fingerprint density at radius 2 is 2.00 bits per heavy atom. The second-order valence-electron chi connectivity index (χ2n) is 2.16. The topological polar surface area (TPSA) is 80.4 Å². The standard InChI is InChI=1S/C6H6FNO3S/c7-5-2-1-4(3-6(5)8)12(9,10)11/h1-3H,8H2,(H,9,10,11). The Morgan fingerprint density at radius 1 is 1.42 bits per heavy atom. The van der Waals surface area contributed by atoms with Gasteiger partial charge in [-0.05, 0) is 18.2 Å². The summed E-state index contributed by atoms with van der Waals surface area (Å²) in [5, 5.41) is 0. The molecule has 1 aromatic rings. The van der Waals surface area contributed by atoms with Gasteiger partial charge in [0, 0.05) is 0 Å². The van der Waals surface area contributed by atoms with Gasteiger partial charge in [-0.1, -0.05) is 0 Å². The van der Waals surface area contributed by atoms with Gasteiger partial charge in [0.1, 0.15) is 5.82 Å². The predicted molar refractivity (Wildman–Crippen MR) is 40.6 cm³/mol. The number of hydrogen-bond acceptors (Lipinski definition) is 3. The highest BCUT2D eigenvalue weighted by Gasteiger charge is 2.10. The second-order valence-corrected chi connectivity index (χ2v) is 3.58. The van der Waals surface area contributed by atoms with Gasteiger partial charge in [0.2, 0.25) is 0 Å². The van der Waals surface area contributed by atoms with Crippen LogP contribution in [0.1, 0.15) is 0 Å². The van der Waals surface area contributed by atoms with Crippen molar-refractivity contribution in [2.24, 2.45) is 0 Å². The second kappa shape index (κ2) is 2.72. The van der Waals surface area contributed by atoms with Gasteiger partial charge >= 0.3 is 0 Å². The molecule has 0 spiro atoms.